The third-order valence-corrected chi connectivity index (χ3v) is 3.07. The fourth-order valence-corrected chi connectivity index (χ4v) is 2.04. The van der Waals surface area contributed by atoms with Crippen molar-refractivity contribution in [3.63, 3.8) is 0 Å². The van der Waals surface area contributed by atoms with Crippen LogP contribution < -0.4 is 5.32 Å². The van der Waals surface area contributed by atoms with Crippen molar-refractivity contribution in [2.24, 2.45) is 0 Å². The second-order valence-electron chi connectivity index (χ2n) is 5.00. The summed E-state index contributed by atoms with van der Waals surface area (Å²) in [6, 6.07) is 10.3. The molecule has 0 saturated heterocycles. The molecular formula is C16H27NO3. The molecule has 0 bridgehead atoms. The molecule has 0 fully saturated rings. The number of methoxy groups -OCH3 is 1. The quantitative estimate of drug-likeness (QED) is 0.651. The number of nitrogens with one attached hydrogen (secondary N) is 1. The minimum atomic E-state index is -0.491. The Morgan fingerprint density at radius 1 is 1.20 bits per heavy atom. The molecule has 0 saturated carbocycles. The first-order valence-corrected chi connectivity index (χ1v) is 7.28. The summed E-state index contributed by atoms with van der Waals surface area (Å²) >= 11 is 0. The molecule has 1 aromatic rings. The Hall–Kier alpha value is -0.940. The predicted octanol–water partition coefficient (Wildman–Crippen LogP) is 1.97. The molecule has 0 aliphatic rings. The molecule has 2 N–H and O–H groups in total. The van der Waals surface area contributed by atoms with Crippen molar-refractivity contribution in [3.05, 3.63) is 35.9 Å². The molecule has 0 aliphatic carbocycles. The second kappa shape index (κ2) is 10.8. The maximum atomic E-state index is 9.88. The van der Waals surface area contributed by atoms with Gasteiger partial charge in [-0.1, -0.05) is 43.7 Å². The minimum absolute atomic E-state index is 0.300. The van der Waals surface area contributed by atoms with E-state index in [1.165, 1.54) is 0 Å². The zero-order valence-corrected chi connectivity index (χ0v) is 12.5. The lowest BCUT2D eigenvalue weighted by atomic mass is 10.2. The third-order valence-electron chi connectivity index (χ3n) is 3.07. The molecule has 4 nitrogen and oxygen atoms in total. The number of hydrogen-bond acceptors (Lipinski definition) is 4. The molecule has 0 heterocycles. The van der Waals surface area contributed by atoms with Crippen LogP contribution in [0.5, 0.6) is 0 Å². The number of aliphatic hydroxyl groups excluding tert-OH is 1. The highest BCUT2D eigenvalue weighted by Crippen LogP contribution is 2.01. The van der Waals surface area contributed by atoms with Gasteiger partial charge in [-0.2, -0.15) is 0 Å². The maximum absolute atomic E-state index is 9.88. The molecule has 20 heavy (non-hydrogen) atoms. The first-order valence-electron chi connectivity index (χ1n) is 7.28. The van der Waals surface area contributed by atoms with Crippen molar-refractivity contribution >= 4 is 0 Å². The van der Waals surface area contributed by atoms with Crippen LogP contribution >= 0.6 is 0 Å². The van der Waals surface area contributed by atoms with Gasteiger partial charge in [-0.3, -0.25) is 0 Å². The van der Waals surface area contributed by atoms with Gasteiger partial charge >= 0.3 is 0 Å². The monoisotopic (exact) mass is 281 g/mol. The van der Waals surface area contributed by atoms with Crippen LogP contribution in [0, 0.1) is 0 Å². The molecule has 1 aromatic carbocycles. The van der Waals surface area contributed by atoms with Gasteiger partial charge in [-0.15, -0.1) is 0 Å². The van der Waals surface area contributed by atoms with E-state index >= 15 is 0 Å². The zero-order valence-electron chi connectivity index (χ0n) is 12.5. The lowest BCUT2D eigenvalue weighted by molar-refractivity contribution is 0.0257. The van der Waals surface area contributed by atoms with Crippen molar-refractivity contribution in [3.8, 4) is 0 Å². The number of rotatable bonds is 11. The van der Waals surface area contributed by atoms with Gasteiger partial charge in [-0.05, 0) is 12.0 Å². The summed E-state index contributed by atoms with van der Waals surface area (Å²) in [5.74, 6) is 0. The molecule has 114 valence electrons. The second-order valence-corrected chi connectivity index (χ2v) is 5.00. The highest BCUT2D eigenvalue weighted by atomic mass is 16.5. The van der Waals surface area contributed by atoms with Gasteiger partial charge in [-0.25, -0.2) is 0 Å². The normalized spacial score (nSPS) is 14.2. The Morgan fingerprint density at radius 2 is 1.95 bits per heavy atom. The molecule has 0 spiro atoms. The van der Waals surface area contributed by atoms with Gasteiger partial charge in [0, 0.05) is 19.7 Å². The van der Waals surface area contributed by atoms with E-state index in [0.29, 0.717) is 32.4 Å². The van der Waals surface area contributed by atoms with Gasteiger partial charge in [0.25, 0.3) is 0 Å². The number of aliphatic hydroxyl groups is 1. The fraction of sp³-hybridized carbons (Fsp3) is 0.625. The molecular weight excluding hydrogens is 254 g/mol. The topological polar surface area (TPSA) is 50.7 Å². The van der Waals surface area contributed by atoms with E-state index in [1.54, 1.807) is 7.11 Å². The van der Waals surface area contributed by atoms with Crippen molar-refractivity contribution in [2.75, 3.05) is 26.9 Å². The van der Waals surface area contributed by atoms with Crippen LogP contribution in [0.2, 0.25) is 0 Å². The Morgan fingerprint density at radius 3 is 2.60 bits per heavy atom. The predicted molar refractivity (Wildman–Crippen MR) is 80.7 cm³/mol. The summed E-state index contributed by atoms with van der Waals surface area (Å²) in [6.45, 7) is 4.22. The first kappa shape index (κ1) is 17.1. The summed E-state index contributed by atoms with van der Waals surface area (Å²) in [5, 5.41) is 13.2. The van der Waals surface area contributed by atoms with Crippen molar-refractivity contribution in [1.29, 1.82) is 0 Å². The molecule has 4 heteroatoms. The summed E-state index contributed by atoms with van der Waals surface area (Å²) in [6.07, 6.45) is 1.66. The molecule has 0 radical (unpaired) electrons. The van der Waals surface area contributed by atoms with Gasteiger partial charge in [0.15, 0.2) is 0 Å². The van der Waals surface area contributed by atoms with Crippen molar-refractivity contribution < 1.29 is 14.6 Å². The molecule has 2 unspecified atom stereocenters. The van der Waals surface area contributed by atoms with Crippen LogP contribution in [0.15, 0.2) is 30.3 Å². The third kappa shape index (κ3) is 7.60. The van der Waals surface area contributed by atoms with E-state index in [0.717, 1.165) is 18.4 Å². The van der Waals surface area contributed by atoms with E-state index in [9.17, 15) is 5.11 Å². The average Bonchev–Trinajstić information content (AvgIpc) is 2.46. The van der Waals surface area contributed by atoms with Gasteiger partial charge in [0.05, 0.1) is 25.9 Å². The van der Waals surface area contributed by atoms with Crippen molar-refractivity contribution in [1.82, 2.24) is 5.32 Å². The van der Waals surface area contributed by atoms with Crippen LogP contribution in [-0.2, 0) is 16.1 Å². The standard InChI is InChI=1S/C16H27NO3/c1-3-7-15(12-19-2)17-10-16(18)13-20-11-14-8-5-4-6-9-14/h4-6,8-9,15-18H,3,7,10-13H2,1-2H3. The van der Waals surface area contributed by atoms with E-state index in [1.807, 2.05) is 30.3 Å². The van der Waals surface area contributed by atoms with E-state index in [2.05, 4.69) is 12.2 Å². The highest BCUT2D eigenvalue weighted by Gasteiger charge is 2.10. The minimum Gasteiger partial charge on any atom is -0.389 e. The van der Waals surface area contributed by atoms with E-state index < -0.39 is 6.10 Å². The number of ether oxygens (including phenoxy) is 2. The molecule has 0 aliphatic heterocycles. The van der Waals surface area contributed by atoms with Crippen molar-refractivity contribution in [2.45, 2.75) is 38.5 Å². The lowest BCUT2D eigenvalue weighted by Crippen LogP contribution is -2.39. The lowest BCUT2D eigenvalue weighted by Gasteiger charge is -2.19. The van der Waals surface area contributed by atoms with E-state index in [4.69, 9.17) is 9.47 Å². The van der Waals surface area contributed by atoms with Gasteiger partial charge in [0.2, 0.25) is 0 Å². The van der Waals surface area contributed by atoms with Gasteiger partial charge in [0.1, 0.15) is 0 Å². The number of hydrogen-bond donors (Lipinski definition) is 2. The smallest absolute Gasteiger partial charge is 0.0897 e. The Kier molecular flexibility index (Phi) is 9.24. The van der Waals surface area contributed by atoms with Crippen LogP contribution in [0.4, 0.5) is 0 Å². The Balaban J connectivity index is 2.14. The maximum Gasteiger partial charge on any atom is 0.0897 e. The fourth-order valence-electron chi connectivity index (χ4n) is 2.04. The van der Waals surface area contributed by atoms with Crippen LogP contribution in [-0.4, -0.2) is 44.1 Å². The van der Waals surface area contributed by atoms with E-state index in [-0.39, 0.29) is 0 Å². The largest absolute Gasteiger partial charge is 0.389 e. The Labute approximate surface area is 122 Å². The number of benzene rings is 1. The summed E-state index contributed by atoms with van der Waals surface area (Å²) in [7, 11) is 1.70. The molecule has 1 rings (SSSR count). The Bertz CT molecular complexity index is 326. The highest BCUT2D eigenvalue weighted by molar-refractivity contribution is 5.13. The van der Waals surface area contributed by atoms with Crippen LogP contribution in [0.1, 0.15) is 25.3 Å². The summed E-state index contributed by atoms with van der Waals surface area (Å²) < 4.78 is 10.7. The molecule has 0 aromatic heterocycles. The van der Waals surface area contributed by atoms with Gasteiger partial charge < -0.3 is 19.9 Å². The average molecular weight is 281 g/mol. The summed E-state index contributed by atoms with van der Waals surface area (Å²) in [4.78, 5) is 0. The molecule has 2 atom stereocenters. The summed E-state index contributed by atoms with van der Waals surface area (Å²) in [5.41, 5.74) is 1.12. The SMILES string of the molecule is CCCC(COC)NCC(O)COCc1ccccc1. The first-order chi connectivity index (χ1) is 9.76. The zero-order chi connectivity index (χ0) is 14.6. The molecule has 0 amide bonds. The van der Waals surface area contributed by atoms with Crippen LogP contribution in [0.25, 0.3) is 0 Å². The van der Waals surface area contributed by atoms with Crippen LogP contribution in [0.3, 0.4) is 0 Å².